The minimum Gasteiger partial charge on any atom is -0.369 e. The normalized spacial score (nSPS) is 23.8. The summed E-state index contributed by atoms with van der Waals surface area (Å²) in [5.41, 5.74) is 5.41. The van der Waals surface area contributed by atoms with E-state index in [4.69, 9.17) is 5.73 Å². The van der Waals surface area contributed by atoms with Crippen LogP contribution in [0.25, 0.3) is 0 Å². The van der Waals surface area contributed by atoms with Gasteiger partial charge in [-0.05, 0) is 5.41 Å². The topological polar surface area (TPSA) is 46.3 Å². The molecule has 0 spiro atoms. The molecule has 1 aliphatic rings. The van der Waals surface area contributed by atoms with Gasteiger partial charge < -0.3 is 5.73 Å². The van der Waals surface area contributed by atoms with Gasteiger partial charge in [-0.1, -0.05) is 13.8 Å². The van der Waals surface area contributed by atoms with Crippen LogP contribution >= 0.6 is 0 Å². The third-order valence-corrected chi connectivity index (χ3v) is 1.68. The molecule has 2 N–H and O–H groups in total. The summed E-state index contributed by atoms with van der Waals surface area (Å²) in [5, 5.41) is 0. The predicted octanol–water partition coefficient (Wildman–Crippen LogP) is 0.0595. The van der Waals surface area contributed by atoms with E-state index >= 15 is 0 Å². The van der Waals surface area contributed by atoms with E-state index < -0.39 is 0 Å². The summed E-state index contributed by atoms with van der Waals surface area (Å²) in [5.74, 6) is -0.226. The minimum absolute atomic E-state index is 0. The molecule has 1 saturated heterocycles. The lowest BCUT2D eigenvalue weighted by Crippen LogP contribution is -2.55. The summed E-state index contributed by atoms with van der Waals surface area (Å²) >= 11 is 0. The Labute approximate surface area is 62.7 Å². The second kappa shape index (κ2) is 2.23. The molecular formula is C7H16N2O. The standard InChI is InChI=1S/C7H14N2O.H2/c1-7(2)4-9(5-7)3-6(8)10;/h3-5H2,1-2H3,(H2,8,10);1H. The van der Waals surface area contributed by atoms with E-state index in [9.17, 15) is 4.79 Å². The van der Waals surface area contributed by atoms with Crippen LogP contribution < -0.4 is 5.73 Å². The van der Waals surface area contributed by atoms with E-state index in [2.05, 4.69) is 18.7 Å². The summed E-state index contributed by atoms with van der Waals surface area (Å²) in [6.07, 6.45) is 0. The molecule has 0 atom stereocenters. The second-order valence-corrected chi connectivity index (χ2v) is 3.78. The Bertz CT molecular complexity index is 151. The molecule has 3 heteroatoms. The first-order valence-electron chi connectivity index (χ1n) is 3.50. The molecule has 60 valence electrons. The second-order valence-electron chi connectivity index (χ2n) is 3.78. The summed E-state index contributed by atoms with van der Waals surface area (Å²) in [7, 11) is 0. The Morgan fingerprint density at radius 3 is 2.50 bits per heavy atom. The quantitative estimate of drug-likeness (QED) is 0.595. The van der Waals surface area contributed by atoms with Crippen LogP contribution in [0.15, 0.2) is 0 Å². The largest absolute Gasteiger partial charge is 0.369 e. The molecule has 1 amide bonds. The number of hydrogen-bond donors (Lipinski definition) is 1. The lowest BCUT2D eigenvalue weighted by atomic mass is 9.84. The first-order valence-corrected chi connectivity index (χ1v) is 3.50. The van der Waals surface area contributed by atoms with Crippen LogP contribution in [0.2, 0.25) is 0 Å². The van der Waals surface area contributed by atoms with Gasteiger partial charge in [0.15, 0.2) is 0 Å². The van der Waals surface area contributed by atoms with Gasteiger partial charge in [-0.15, -0.1) is 0 Å². The van der Waals surface area contributed by atoms with Crippen LogP contribution in [-0.2, 0) is 4.79 Å². The smallest absolute Gasteiger partial charge is 0.231 e. The summed E-state index contributed by atoms with van der Waals surface area (Å²) in [4.78, 5) is 12.5. The van der Waals surface area contributed by atoms with Crippen molar-refractivity contribution in [1.29, 1.82) is 0 Å². The van der Waals surface area contributed by atoms with E-state index in [1.54, 1.807) is 0 Å². The average Bonchev–Trinajstić information content (AvgIpc) is 1.57. The number of carbonyl (C=O) groups excluding carboxylic acids is 1. The molecule has 0 aromatic heterocycles. The van der Waals surface area contributed by atoms with Crippen LogP contribution in [0.1, 0.15) is 15.3 Å². The van der Waals surface area contributed by atoms with Crippen molar-refractivity contribution in [2.45, 2.75) is 13.8 Å². The molecule has 0 unspecified atom stereocenters. The first kappa shape index (κ1) is 7.54. The van der Waals surface area contributed by atoms with Crippen molar-refractivity contribution in [3.05, 3.63) is 0 Å². The maximum Gasteiger partial charge on any atom is 0.231 e. The van der Waals surface area contributed by atoms with E-state index in [1.165, 1.54) is 0 Å². The Kier molecular flexibility index (Phi) is 1.68. The van der Waals surface area contributed by atoms with Gasteiger partial charge in [0.2, 0.25) is 5.91 Å². The molecule has 0 bridgehead atoms. The summed E-state index contributed by atoms with van der Waals surface area (Å²) in [6.45, 7) is 6.78. The maximum absolute atomic E-state index is 10.4. The average molecular weight is 144 g/mol. The van der Waals surface area contributed by atoms with Crippen molar-refractivity contribution < 1.29 is 6.22 Å². The molecular weight excluding hydrogens is 128 g/mol. The Balaban J connectivity index is 0.000001000. The molecule has 1 aliphatic heterocycles. The molecule has 0 saturated carbocycles. The zero-order valence-corrected chi connectivity index (χ0v) is 6.55. The molecule has 1 fully saturated rings. The van der Waals surface area contributed by atoms with Gasteiger partial charge >= 0.3 is 0 Å². The highest BCUT2D eigenvalue weighted by Crippen LogP contribution is 2.27. The van der Waals surface area contributed by atoms with Gasteiger partial charge in [0, 0.05) is 14.5 Å². The van der Waals surface area contributed by atoms with Crippen LogP contribution in [0.3, 0.4) is 0 Å². The fourth-order valence-corrected chi connectivity index (χ4v) is 1.50. The van der Waals surface area contributed by atoms with E-state index in [0.717, 1.165) is 13.1 Å². The highest BCUT2D eigenvalue weighted by Gasteiger charge is 2.34. The lowest BCUT2D eigenvalue weighted by molar-refractivity contribution is -0.121. The molecule has 10 heavy (non-hydrogen) atoms. The molecule has 0 aliphatic carbocycles. The van der Waals surface area contributed by atoms with E-state index in [1.807, 2.05) is 0 Å². The fraction of sp³-hybridized carbons (Fsp3) is 0.857. The van der Waals surface area contributed by atoms with Gasteiger partial charge in [-0.2, -0.15) is 0 Å². The molecule has 1 rings (SSSR count). The number of nitrogens with zero attached hydrogens (tertiary/aromatic N) is 1. The molecule has 0 radical (unpaired) electrons. The van der Waals surface area contributed by atoms with Crippen LogP contribution in [-0.4, -0.2) is 30.4 Å². The van der Waals surface area contributed by atoms with Crippen molar-refractivity contribution >= 4 is 5.91 Å². The van der Waals surface area contributed by atoms with Crippen molar-refractivity contribution in [3.63, 3.8) is 0 Å². The monoisotopic (exact) mass is 144 g/mol. The Morgan fingerprint density at radius 1 is 1.70 bits per heavy atom. The summed E-state index contributed by atoms with van der Waals surface area (Å²) in [6, 6.07) is 0. The van der Waals surface area contributed by atoms with Crippen LogP contribution in [0, 0.1) is 5.41 Å². The third kappa shape index (κ3) is 1.70. The minimum atomic E-state index is -0.226. The van der Waals surface area contributed by atoms with Crippen molar-refractivity contribution in [2.24, 2.45) is 11.1 Å². The van der Waals surface area contributed by atoms with Gasteiger partial charge in [0.05, 0.1) is 6.54 Å². The fourth-order valence-electron chi connectivity index (χ4n) is 1.50. The van der Waals surface area contributed by atoms with Crippen molar-refractivity contribution in [2.75, 3.05) is 19.6 Å². The van der Waals surface area contributed by atoms with Gasteiger partial charge in [-0.25, -0.2) is 0 Å². The zero-order valence-electron chi connectivity index (χ0n) is 6.55. The van der Waals surface area contributed by atoms with Gasteiger partial charge in [0.25, 0.3) is 0 Å². The molecule has 1 heterocycles. The van der Waals surface area contributed by atoms with Gasteiger partial charge in [0.1, 0.15) is 0 Å². The third-order valence-electron chi connectivity index (χ3n) is 1.68. The highest BCUT2D eigenvalue weighted by molar-refractivity contribution is 5.76. The Morgan fingerprint density at radius 2 is 2.20 bits per heavy atom. The van der Waals surface area contributed by atoms with Crippen LogP contribution in [0.4, 0.5) is 0 Å². The number of hydrogen-bond acceptors (Lipinski definition) is 2. The van der Waals surface area contributed by atoms with E-state index in [-0.39, 0.29) is 7.33 Å². The number of nitrogens with two attached hydrogens (primary N) is 1. The Hall–Kier alpha value is -0.570. The molecule has 0 aromatic rings. The van der Waals surface area contributed by atoms with Crippen molar-refractivity contribution in [1.82, 2.24) is 4.90 Å². The number of likely N-dealkylation sites (tertiary alicyclic amines) is 1. The lowest BCUT2D eigenvalue weighted by Gasteiger charge is -2.45. The number of carbonyl (C=O) groups is 1. The van der Waals surface area contributed by atoms with E-state index in [0.29, 0.717) is 12.0 Å². The van der Waals surface area contributed by atoms with Crippen molar-refractivity contribution in [3.8, 4) is 0 Å². The summed E-state index contributed by atoms with van der Waals surface area (Å²) < 4.78 is 0. The predicted molar refractivity (Wildman–Crippen MR) is 41.5 cm³/mol. The maximum atomic E-state index is 10.4. The SMILES string of the molecule is CC1(C)CN(CC(N)=O)C1.[HH]. The highest BCUT2D eigenvalue weighted by atomic mass is 16.1. The first-order chi connectivity index (χ1) is 4.49. The number of amides is 1. The van der Waals surface area contributed by atoms with Crippen LogP contribution in [0.5, 0.6) is 0 Å². The number of rotatable bonds is 2. The zero-order chi connectivity index (χ0) is 7.78. The molecule has 3 nitrogen and oxygen atoms in total. The molecule has 0 aromatic carbocycles. The van der Waals surface area contributed by atoms with Gasteiger partial charge in [-0.3, -0.25) is 9.69 Å². The number of primary amides is 1.